The van der Waals surface area contributed by atoms with E-state index in [9.17, 15) is 14.4 Å². The van der Waals surface area contributed by atoms with Crippen molar-refractivity contribution in [3.63, 3.8) is 0 Å². The van der Waals surface area contributed by atoms with Crippen molar-refractivity contribution in [2.75, 3.05) is 13.2 Å². The summed E-state index contributed by atoms with van der Waals surface area (Å²) >= 11 is 0. The lowest BCUT2D eigenvalue weighted by atomic mass is 10.0. The lowest BCUT2D eigenvalue weighted by Gasteiger charge is -2.18. The lowest BCUT2D eigenvalue weighted by molar-refractivity contribution is -0.167. The van der Waals surface area contributed by atoms with E-state index in [-0.39, 0.29) is 31.1 Å². The molecule has 380 valence electrons. The third-order valence-electron chi connectivity index (χ3n) is 13.2. The largest absolute Gasteiger partial charge is 0.462 e. The Morgan fingerprint density at radius 3 is 0.766 bits per heavy atom. The van der Waals surface area contributed by atoms with Gasteiger partial charge in [0, 0.05) is 19.3 Å². The van der Waals surface area contributed by atoms with Gasteiger partial charge in [-0.05, 0) is 31.1 Å². The van der Waals surface area contributed by atoms with Crippen LogP contribution in [0.15, 0.2) is 0 Å². The summed E-state index contributed by atoms with van der Waals surface area (Å²) in [7, 11) is 0. The molecule has 0 spiro atoms. The maximum absolute atomic E-state index is 12.8. The van der Waals surface area contributed by atoms with Crippen LogP contribution in [0.4, 0.5) is 0 Å². The number of hydrogen-bond donors (Lipinski definition) is 0. The van der Waals surface area contributed by atoms with Crippen LogP contribution in [0, 0.1) is 11.8 Å². The molecule has 1 atom stereocenters. The number of esters is 3. The second-order valence-electron chi connectivity index (χ2n) is 20.9. The number of carbonyl (C=O) groups excluding carboxylic acids is 3. The molecule has 0 fully saturated rings. The topological polar surface area (TPSA) is 78.9 Å². The normalized spacial score (nSPS) is 12.0. The predicted molar refractivity (Wildman–Crippen MR) is 275 cm³/mol. The molecule has 0 aromatic carbocycles. The standard InChI is InChI=1S/C58H112O6/c1-6-7-8-9-10-11-28-33-38-43-48-56(59)62-51-55(64-58(61)50-45-40-35-30-25-21-17-13-15-19-23-27-32-37-42-47-54(4)5)52-63-57(60)49-44-39-34-29-24-20-16-12-14-18-22-26-31-36-41-46-53(2)3/h53-55H,6-52H2,1-5H3/t55-/m1/s1. The summed E-state index contributed by atoms with van der Waals surface area (Å²) < 4.78 is 16.9. The van der Waals surface area contributed by atoms with Gasteiger partial charge in [-0.2, -0.15) is 0 Å². The zero-order valence-corrected chi connectivity index (χ0v) is 43.9. The van der Waals surface area contributed by atoms with Crippen molar-refractivity contribution < 1.29 is 28.6 Å². The Balaban J connectivity index is 4.24. The molecule has 0 heterocycles. The second-order valence-corrected chi connectivity index (χ2v) is 20.9. The number of unbranched alkanes of at least 4 members (excludes halogenated alkanes) is 37. The average Bonchev–Trinajstić information content (AvgIpc) is 3.27. The van der Waals surface area contributed by atoms with Gasteiger partial charge in [-0.3, -0.25) is 14.4 Å². The SMILES string of the molecule is CCCCCCCCCCCCC(=O)OC[C@H](COC(=O)CCCCCCCCCCCCCCCCCC(C)C)OC(=O)CCCCCCCCCCCCCCCCCC(C)C. The fraction of sp³-hybridized carbons (Fsp3) is 0.948. The molecule has 0 N–H and O–H groups in total. The maximum atomic E-state index is 12.8. The van der Waals surface area contributed by atoms with Crippen LogP contribution in [-0.4, -0.2) is 37.2 Å². The van der Waals surface area contributed by atoms with Crippen molar-refractivity contribution in [3.8, 4) is 0 Å². The van der Waals surface area contributed by atoms with E-state index < -0.39 is 6.10 Å². The van der Waals surface area contributed by atoms with Crippen LogP contribution >= 0.6 is 0 Å². The summed E-state index contributed by atoms with van der Waals surface area (Å²) in [6.07, 6.45) is 53.8. The van der Waals surface area contributed by atoms with Crippen LogP contribution in [0.5, 0.6) is 0 Å². The molecule has 0 aliphatic carbocycles. The molecule has 0 saturated heterocycles. The van der Waals surface area contributed by atoms with Gasteiger partial charge >= 0.3 is 17.9 Å². The van der Waals surface area contributed by atoms with Crippen LogP contribution in [-0.2, 0) is 28.6 Å². The van der Waals surface area contributed by atoms with Gasteiger partial charge < -0.3 is 14.2 Å². The minimum Gasteiger partial charge on any atom is -0.462 e. The molecule has 0 rings (SSSR count). The first-order chi connectivity index (χ1) is 31.2. The quantitative estimate of drug-likeness (QED) is 0.0344. The predicted octanol–water partition coefficient (Wildman–Crippen LogP) is 18.9. The van der Waals surface area contributed by atoms with Crippen LogP contribution in [0.25, 0.3) is 0 Å². The Morgan fingerprint density at radius 2 is 0.516 bits per heavy atom. The van der Waals surface area contributed by atoms with Crippen molar-refractivity contribution in [1.29, 1.82) is 0 Å². The number of ether oxygens (including phenoxy) is 3. The van der Waals surface area contributed by atoms with Crippen molar-refractivity contribution in [1.82, 2.24) is 0 Å². The van der Waals surface area contributed by atoms with E-state index >= 15 is 0 Å². The summed E-state index contributed by atoms with van der Waals surface area (Å²) in [4.78, 5) is 38.1. The van der Waals surface area contributed by atoms with E-state index in [1.807, 2.05) is 0 Å². The summed E-state index contributed by atoms with van der Waals surface area (Å²) in [5, 5.41) is 0. The molecule has 6 heteroatoms. The van der Waals surface area contributed by atoms with Gasteiger partial charge in [0.1, 0.15) is 13.2 Å². The number of rotatable bonds is 52. The molecule has 0 saturated carbocycles. The monoisotopic (exact) mass is 905 g/mol. The molecule has 0 aliphatic rings. The van der Waals surface area contributed by atoms with Gasteiger partial charge in [-0.1, -0.05) is 285 Å². The summed E-state index contributed by atoms with van der Waals surface area (Å²) in [6, 6.07) is 0. The molecule has 0 aromatic heterocycles. The first kappa shape index (κ1) is 62.4. The molecular formula is C58H112O6. The van der Waals surface area contributed by atoms with Gasteiger partial charge in [0.15, 0.2) is 6.10 Å². The zero-order chi connectivity index (χ0) is 46.8. The Hall–Kier alpha value is -1.59. The summed E-state index contributed by atoms with van der Waals surface area (Å²) in [6.45, 7) is 11.4. The minimum atomic E-state index is -0.762. The van der Waals surface area contributed by atoms with Gasteiger partial charge in [-0.25, -0.2) is 0 Å². The van der Waals surface area contributed by atoms with Crippen molar-refractivity contribution >= 4 is 17.9 Å². The smallest absolute Gasteiger partial charge is 0.306 e. The highest BCUT2D eigenvalue weighted by molar-refractivity contribution is 5.71. The van der Waals surface area contributed by atoms with E-state index in [1.54, 1.807) is 0 Å². The molecule has 0 unspecified atom stereocenters. The van der Waals surface area contributed by atoms with Gasteiger partial charge in [0.05, 0.1) is 0 Å². The van der Waals surface area contributed by atoms with Crippen LogP contribution < -0.4 is 0 Å². The second kappa shape index (κ2) is 50.8. The molecule has 6 nitrogen and oxygen atoms in total. The third-order valence-corrected chi connectivity index (χ3v) is 13.2. The summed E-state index contributed by atoms with van der Waals surface area (Å²) in [5.74, 6) is 0.856. The average molecular weight is 906 g/mol. The zero-order valence-electron chi connectivity index (χ0n) is 43.9. The molecule has 0 bridgehead atoms. The van der Waals surface area contributed by atoms with E-state index in [0.29, 0.717) is 19.3 Å². The Morgan fingerprint density at radius 1 is 0.297 bits per heavy atom. The van der Waals surface area contributed by atoms with Gasteiger partial charge in [-0.15, -0.1) is 0 Å². The molecule has 0 aliphatic heterocycles. The fourth-order valence-corrected chi connectivity index (χ4v) is 8.87. The van der Waals surface area contributed by atoms with E-state index in [2.05, 4.69) is 34.6 Å². The van der Waals surface area contributed by atoms with Gasteiger partial charge in [0.25, 0.3) is 0 Å². The highest BCUT2D eigenvalue weighted by atomic mass is 16.6. The van der Waals surface area contributed by atoms with Crippen LogP contribution in [0.3, 0.4) is 0 Å². The molecule has 0 radical (unpaired) electrons. The molecular weight excluding hydrogens is 793 g/mol. The fourth-order valence-electron chi connectivity index (χ4n) is 8.87. The molecule has 0 aromatic rings. The van der Waals surface area contributed by atoms with Crippen molar-refractivity contribution in [3.05, 3.63) is 0 Å². The maximum Gasteiger partial charge on any atom is 0.306 e. The minimum absolute atomic E-state index is 0.0626. The van der Waals surface area contributed by atoms with E-state index in [0.717, 1.165) is 69.6 Å². The molecule has 64 heavy (non-hydrogen) atoms. The highest BCUT2D eigenvalue weighted by Crippen LogP contribution is 2.18. The first-order valence-corrected chi connectivity index (χ1v) is 28.7. The molecule has 0 amide bonds. The van der Waals surface area contributed by atoms with E-state index in [1.165, 1.54) is 212 Å². The highest BCUT2D eigenvalue weighted by Gasteiger charge is 2.19. The Kier molecular flexibility index (Phi) is 49.6. The van der Waals surface area contributed by atoms with Crippen LogP contribution in [0.2, 0.25) is 0 Å². The van der Waals surface area contributed by atoms with E-state index in [4.69, 9.17) is 14.2 Å². The number of hydrogen-bond acceptors (Lipinski definition) is 6. The summed E-state index contributed by atoms with van der Waals surface area (Å²) in [5.41, 5.74) is 0. The van der Waals surface area contributed by atoms with Crippen molar-refractivity contribution in [2.45, 2.75) is 330 Å². The van der Waals surface area contributed by atoms with Gasteiger partial charge in [0.2, 0.25) is 0 Å². The van der Waals surface area contributed by atoms with Crippen molar-refractivity contribution in [2.24, 2.45) is 11.8 Å². The third kappa shape index (κ3) is 51.4. The Bertz CT molecular complexity index is 978. The lowest BCUT2D eigenvalue weighted by Crippen LogP contribution is -2.30. The first-order valence-electron chi connectivity index (χ1n) is 28.7. The Labute approximate surface area is 399 Å². The number of carbonyl (C=O) groups is 3. The van der Waals surface area contributed by atoms with Crippen LogP contribution in [0.1, 0.15) is 324 Å².